The molecule has 0 aliphatic carbocycles. The van der Waals surface area contributed by atoms with Crippen LogP contribution in [-0.2, 0) is 4.74 Å². The summed E-state index contributed by atoms with van der Waals surface area (Å²) in [5, 5.41) is 27.1. The molecular formula is C6H14N2O4. The first-order chi connectivity index (χ1) is 5.57. The second-order valence-electron chi connectivity index (χ2n) is 2.89. The number of nitrogens with two attached hydrogens (primary N) is 2. The Kier molecular flexibility index (Phi) is 2.99. The molecule has 72 valence electrons. The van der Waals surface area contributed by atoms with Gasteiger partial charge in [-0.2, -0.15) is 0 Å². The van der Waals surface area contributed by atoms with E-state index < -0.39 is 37.2 Å². The van der Waals surface area contributed by atoms with Crippen LogP contribution in [0.3, 0.4) is 0 Å². The lowest BCUT2D eigenvalue weighted by molar-refractivity contribution is -0.221. The van der Waals surface area contributed by atoms with Gasteiger partial charge in [-0.15, -0.1) is 0 Å². The molecule has 0 spiro atoms. The molecule has 1 aliphatic heterocycles. The third-order valence-electron chi connectivity index (χ3n) is 2.04. The number of rotatable bonds is 1. The van der Waals surface area contributed by atoms with Crippen LogP contribution in [0.5, 0.6) is 0 Å². The number of ether oxygens (including phenoxy) is 1. The minimum Gasteiger partial charge on any atom is -0.394 e. The first-order valence-electron chi connectivity index (χ1n) is 3.71. The fourth-order valence-electron chi connectivity index (χ4n) is 1.17. The molecule has 1 saturated heterocycles. The molecule has 0 aromatic rings. The summed E-state index contributed by atoms with van der Waals surface area (Å²) in [5.74, 6) is 0. The van der Waals surface area contributed by atoms with Gasteiger partial charge in [0.15, 0.2) is 6.29 Å². The number of aliphatic hydroxyl groups is 3. The molecule has 0 amide bonds. The molecule has 0 aromatic carbocycles. The lowest BCUT2D eigenvalue weighted by Crippen LogP contribution is -2.65. The van der Waals surface area contributed by atoms with E-state index in [0.717, 1.165) is 0 Å². The first-order valence-corrected chi connectivity index (χ1v) is 3.71. The second-order valence-corrected chi connectivity index (χ2v) is 2.89. The van der Waals surface area contributed by atoms with E-state index in [2.05, 4.69) is 0 Å². The van der Waals surface area contributed by atoms with Gasteiger partial charge in [0.05, 0.1) is 24.8 Å². The van der Waals surface area contributed by atoms with Crippen molar-refractivity contribution in [1.82, 2.24) is 0 Å². The van der Waals surface area contributed by atoms with E-state index in [1.165, 1.54) is 0 Å². The zero-order valence-electron chi connectivity index (χ0n) is 6.50. The Hall–Kier alpha value is -0.240. The zero-order valence-corrected chi connectivity index (χ0v) is 6.50. The molecule has 0 bridgehead atoms. The summed E-state index contributed by atoms with van der Waals surface area (Å²) in [6.45, 7) is -0.390. The Morgan fingerprint density at radius 2 is 1.75 bits per heavy atom. The van der Waals surface area contributed by atoms with Gasteiger partial charge < -0.3 is 31.5 Å². The number of hydrogen-bond acceptors (Lipinski definition) is 6. The summed E-state index contributed by atoms with van der Waals surface area (Å²) < 4.78 is 4.78. The maximum Gasteiger partial charge on any atom is 0.171 e. The quantitative estimate of drug-likeness (QED) is 0.287. The third kappa shape index (κ3) is 1.58. The maximum absolute atomic E-state index is 9.32. The molecule has 1 fully saturated rings. The highest BCUT2D eigenvalue weighted by Crippen LogP contribution is 2.16. The molecule has 0 aromatic heterocycles. The fraction of sp³-hybridized carbons (Fsp3) is 1.00. The highest BCUT2D eigenvalue weighted by molar-refractivity contribution is 4.93. The van der Waals surface area contributed by atoms with Crippen LogP contribution in [0.15, 0.2) is 0 Å². The minimum atomic E-state index is -1.22. The van der Waals surface area contributed by atoms with Gasteiger partial charge in [0.25, 0.3) is 0 Å². The van der Waals surface area contributed by atoms with Crippen molar-refractivity contribution in [2.75, 3.05) is 6.61 Å². The molecule has 0 radical (unpaired) electrons. The lowest BCUT2D eigenvalue weighted by atomic mass is 9.96. The Balaban J connectivity index is 2.63. The lowest BCUT2D eigenvalue weighted by Gasteiger charge is -2.38. The minimum absolute atomic E-state index is 0.390. The summed E-state index contributed by atoms with van der Waals surface area (Å²) in [6.07, 6.45) is -3.11. The van der Waals surface area contributed by atoms with E-state index >= 15 is 0 Å². The van der Waals surface area contributed by atoms with E-state index in [0.29, 0.717) is 0 Å². The van der Waals surface area contributed by atoms with Crippen LogP contribution in [0, 0.1) is 0 Å². The van der Waals surface area contributed by atoms with Gasteiger partial charge >= 0.3 is 0 Å². The normalized spacial score (nSPS) is 49.2. The van der Waals surface area contributed by atoms with E-state index in [1.54, 1.807) is 0 Å². The van der Waals surface area contributed by atoms with Crippen LogP contribution in [0.25, 0.3) is 0 Å². The smallest absolute Gasteiger partial charge is 0.171 e. The second kappa shape index (κ2) is 3.65. The van der Waals surface area contributed by atoms with Gasteiger partial charge in [-0.1, -0.05) is 0 Å². The first kappa shape index (κ1) is 9.85. The summed E-state index contributed by atoms with van der Waals surface area (Å²) in [7, 11) is 0. The summed E-state index contributed by atoms with van der Waals surface area (Å²) in [4.78, 5) is 0. The predicted molar refractivity (Wildman–Crippen MR) is 39.9 cm³/mol. The standard InChI is InChI=1S/C6H14N2O4/c7-3-4(8)6(11)12-2(1-9)5(3)10/h2-6,9-11H,1,7-8H2/t2-,3+,4-,5-,6+/m0/s1. The molecule has 7 N–H and O–H groups in total. The summed E-state index contributed by atoms with van der Waals surface area (Å²) in [5.41, 5.74) is 10.8. The van der Waals surface area contributed by atoms with Crippen LogP contribution in [0.4, 0.5) is 0 Å². The molecule has 12 heavy (non-hydrogen) atoms. The zero-order chi connectivity index (χ0) is 9.30. The fourth-order valence-corrected chi connectivity index (χ4v) is 1.17. The van der Waals surface area contributed by atoms with Gasteiger partial charge in [-0.05, 0) is 0 Å². The Bertz CT molecular complexity index is 152. The van der Waals surface area contributed by atoms with Crippen molar-refractivity contribution < 1.29 is 20.1 Å². The van der Waals surface area contributed by atoms with E-state index in [-0.39, 0.29) is 0 Å². The SMILES string of the molecule is N[C@@H]1[C@H](N)[C@H](O)O[C@@H](CO)[C@@H]1O. The Morgan fingerprint density at radius 1 is 1.17 bits per heavy atom. The molecule has 5 atom stereocenters. The largest absolute Gasteiger partial charge is 0.394 e. The Morgan fingerprint density at radius 3 is 2.25 bits per heavy atom. The van der Waals surface area contributed by atoms with Crippen molar-refractivity contribution in [1.29, 1.82) is 0 Å². The van der Waals surface area contributed by atoms with Crippen molar-refractivity contribution >= 4 is 0 Å². The Labute approximate surface area is 69.7 Å². The molecule has 1 heterocycles. The maximum atomic E-state index is 9.32. The monoisotopic (exact) mass is 178 g/mol. The van der Waals surface area contributed by atoms with Crippen molar-refractivity contribution in [2.45, 2.75) is 30.6 Å². The molecule has 6 nitrogen and oxygen atoms in total. The van der Waals surface area contributed by atoms with Crippen molar-refractivity contribution in [3.63, 3.8) is 0 Å². The van der Waals surface area contributed by atoms with Crippen LogP contribution >= 0.6 is 0 Å². The van der Waals surface area contributed by atoms with Crippen LogP contribution < -0.4 is 11.5 Å². The predicted octanol–water partition coefficient (Wildman–Crippen LogP) is -3.29. The van der Waals surface area contributed by atoms with Gasteiger partial charge in [-0.25, -0.2) is 0 Å². The van der Waals surface area contributed by atoms with Crippen LogP contribution in [-0.4, -0.2) is 52.5 Å². The van der Waals surface area contributed by atoms with Crippen molar-refractivity contribution in [2.24, 2.45) is 11.5 Å². The highest BCUT2D eigenvalue weighted by atomic mass is 16.6. The topological polar surface area (TPSA) is 122 Å². The molecule has 0 unspecified atom stereocenters. The van der Waals surface area contributed by atoms with Crippen molar-refractivity contribution in [3.05, 3.63) is 0 Å². The number of hydrogen-bond donors (Lipinski definition) is 5. The molecule has 0 saturated carbocycles. The van der Waals surface area contributed by atoms with Gasteiger partial charge in [0.2, 0.25) is 0 Å². The third-order valence-corrected chi connectivity index (χ3v) is 2.04. The summed E-state index contributed by atoms with van der Waals surface area (Å²) >= 11 is 0. The molecule has 1 aliphatic rings. The van der Waals surface area contributed by atoms with Crippen LogP contribution in [0.1, 0.15) is 0 Å². The highest BCUT2D eigenvalue weighted by Gasteiger charge is 2.40. The number of aliphatic hydroxyl groups excluding tert-OH is 3. The van der Waals surface area contributed by atoms with Gasteiger partial charge in [0, 0.05) is 0 Å². The molecular weight excluding hydrogens is 164 g/mol. The van der Waals surface area contributed by atoms with E-state index in [9.17, 15) is 5.11 Å². The molecule has 6 heteroatoms. The van der Waals surface area contributed by atoms with E-state index in [4.69, 9.17) is 26.4 Å². The van der Waals surface area contributed by atoms with Crippen molar-refractivity contribution in [3.8, 4) is 0 Å². The summed E-state index contributed by atoms with van der Waals surface area (Å²) in [6, 6.07) is -1.59. The average Bonchev–Trinajstić information content (AvgIpc) is 2.08. The average molecular weight is 178 g/mol. The van der Waals surface area contributed by atoms with E-state index in [1.807, 2.05) is 0 Å². The van der Waals surface area contributed by atoms with Gasteiger partial charge in [-0.3, -0.25) is 0 Å². The van der Waals surface area contributed by atoms with Gasteiger partial charge in [0.1, 0.15) is 6.10 Å². The molecule has 1 rings (SSSR count). The van der Waals surface area contributed by atoms with Crippen LogP contribution in [0.2, 0.25) is 0 Å².